The fourth-order valence-electron chi connectivity index (χ4n) is 3.19. The Kier molecular flexibility index (Phi) is 4.19. The van der Waals surface area contributed by atoms with Gasteiger partial charge in [0, 0.05) is 19.1 Å². The summed E-state index contributed by atoms with van der Waals surface area (Å²) in [4.78, 5) is 2.59. The van der Waals surface area contributed by atoms with Gasteiger partial charge in [0.2, 0.25) is 0 Å². The smallest absolute Gasteiger partial charge is 0.0211 e. The van der Waals surface area contributed by atoms with E-state index in [1.165, 1.54) is 50.9 Å². The standard InChI is InChI=1S/C17H26N2/c1-14(13-19-10-4-5-11-19)18-12-16-6-2-3-7-17(16)15-8-9-15/h2-3,6-7,14-15,18H,4-5,8-13H2,1H3. The van der Waals surface area contributed by atoms with Crippen LogP contribution in [0.3, 0.4) is 0 Å². The summed E-state index contributed by atoms with van der Waals surface area (Å²) >= 11 is 0. The molecule has 1 aromatic carbocycles. The topological polar surface area (TPSA) is 15.3 Å². The van der Waals surface area contributed by atoms with Crippen molar-refractivity contribution in [2.24, 2.45) is 0 Å². The van der Waals surface area contributed by atoms with Crippen molar-refractivity contribution < 1.29 is 0 Å². The Morgan fingerprint density at radius 2 is 1.95 bits per heavy atom. The second-order valence-electron chi connectivity index (χ2n) is 6.26. The van der Waals surface area contributed by atoms with Crippen molar-refractivity contribution >= 4 is 0 Å². The maximum Gasteiger partial charge on any atom is 0.0211 e. The van der Waals surface area contributed by atoms with E-state index in [1.54, 1.807) is 5.56 Å². The quantitative estimate of drug-likeness (QED) is 0.843. The molecule has 1 N–H and O–H groups in total. The first-order valence-electron chi connectivity index (χ1n) is 7.86. The van der Waals surface area contributed by atoms with Crippen LogP contribution in [0.15, 0.2) is 24.3 Å². The molecule has 0 aromatic heterocycles. The third-order valence-corrected chi connectivity index (χ3v) is 4.44. The van der Waals surface area contributed by atoms with Crippen LogP contribution in [-0.4, -0.2) is 30.6 Å². The van der Waals surface area contributed by atoms with Gasteiger partial charge in [0.05, 0.1) is 0 Å². The predicted octanol–water partition coefficient (Wildman–Crippen LogP) is 3.14. The highest BCUT2D eigenvalue weighted by atomic mass is 15.2. The molecule has 1 unspecified atom stereocenters. The maximum absolute atomic E-state index is 3.71. The molecule has 2 heteroatoms. The highest BCUT2D eigenvalue weighted by molar-refractivity contribution is 5.33. The summed E-state index contributed by atoms with van der Waals surface area (Å²) in [6.07, 6.45) is 5.55. The Labute approximate surface area is 117 Å². The van der Waals surface area contributed by atoms with E-state index in [9.17, 15) is 0 Å². The van der Waals surface area contributed by atoms with Crippen LogP contribution in [0.4, 0.5) is 0 Å². The van der Waals surface area contributed by atoms with Gasteiger partial charge in [-0.15, -0.1) is 0 Å². The Morgan fingerprint density at radius 1 is 1.21 bits per heavy atom. The van der Waals surface area contributed by atoms with Crippen LogP contribution < -0.4 is 5.32 Å². The van der Waals surface area contributed by atoms with Gasteiger partial charge in [-0.1, -0.05) is 24.3 Å². The molecule has 2 fully saturated rings. The number of likely N-dealkylation sites (tertiary alicyclic amines) is 1. The van der Waals surface area contributed by atoms with Crippen molar-refractivity contribution in [1.29, 1.82) is 0 Å². The number of hydrogen-bond acceptors (Lipinski definition) is 2. The molecule has 0 spiro atoms. The molecule has 1 atom stereocenters. The molecule has 19 heavy (non-hydrogen) atoms. The van der Waals surface area contributed by atoms with Gasteiger partial charge in [-0.05, 0) is 62.7 Å². The lowest BCUT2D eigenvalue weighted by atomic mass is 10.0. The SMILES string of the molecule is CC(CN1CCCC1)NCc1ccccc1C1CC1. The van der Waals surface area contributed by atoms with Crippen LogP contribution >= 0.6 is 0 Å². The molecule has 0 radical (unpaired) electrons. The van der Waals surface area contributed by atoms with Crippen LogP contribution in [0.1, 0.15) is 49.7 Å². The first-order valence-corrected chi connectivity index (χ1v) is 7.86. The van der Waals surface area contributed by atoms with Crippen molar-refractivity contribution in [2.75, 3.05) is 19.6 Å². The fraction of sp³-hybridized carbons (Fsp3) is 0.647. The first-order chi connectivity index (χ1) is 9.33. The molecule has 1 aromatic rings. The van der Waals surface area contributed by atoms with Crippen LogP contribution in [0, 0.1) is 0 Å². The summed E-state index contributed by atoms with van der Waals surface area (Å²) in [5.74, 6) is 0.854. The average Bonchev–Trinajstić information content (AvgIpc) is 3.15. The minimum Gasteiger partial charge on any atom is -0.309 e. The van der Waals surface area contributed by atoms with Crippen LogP contribution in [0.2, 0.25) is 0 Å². The normalized spacial score (nSPS) is 21.7. The van der Waals surface area contributed by atoms with E-state index in [2.05, 4.69) is 41.4 Å². The highest BCUT2D eigenvalue weighted by Crippen LogP contribution is 2.41. The lowest BCUT2D eigenvalue weighted by Crippen LogP contribution is -2.37. The van der Waals surface area contributed by atoms with E-state index in [0.717, 1.165) is 12.5 Å². The van der Waals surface area contributed by atoms with E-state index in [1.807, 2.05) is 0 Å². The summed E-state index contributed by atoms with van der Waals surface area (Å²) in [5.41, 5.74) is 3.10. The van der Waals surface area contributed by atoms with E-state index < -0.39 is 0 Å². The molecule has 1 heterocycles. The number of nitrogens with zero attached hydrogens (tertiary/aromatic N) is 1. The van der Waals surface area contributed by atoms with Gasteiger partial charge >= 0.3 is 0 Å². The summed E-state index contributed by atoms with van der Waals surface area (Å²) in [6, 6.07) is 9.56. The minimum absolute atomic E-state index is 0.588. The molecular formula is C17H26N2. The number of nitrogens with one attached hydrogen (secondary N) is 1. The van der Waals surface area contributed by atoms with Crippen LogP contribution in [0.5, 0.6) is 0 Å². The second-order valence-corrected chi connectivity index (χ2v) is 6.26. The predicted molar refractivity (Wildman–Crippen MR) is 80.4 cm³/mol. The molecule has 104 valence electrons. The molecule has 0 amide bonds. The molecular weight excluding hydrogens is 232 g/mol. The van der Waals surface area contributed by atoms with Gasteiger partial charge in [-0.2, -0.15) is 0 Å². The molecule has 0 bridgehead atoms. The molecule has 1 aliphatic carbocycles. The Bertz CT molecular complexity index is 405. The van der Waals surface area contributed by atoms with Crippen molar-refractivity contribution in [3.63, 3.8) is 0 Å². The largest absolute Gasteiger partial charge is 0.309 e. The molecule has 2 aliphatic rings. The van der Waals surface area contributed by atoms with Crippen molar-refractivity contribution in [3.8, 4) is 0 Å². The lowest BCUT2D eigenvalue weighted by Gasteiger charge is -2.22. The number of benzene rings is 1. The Hall–Kier alpha value is -0.860. The van der Waals surface area contributed by atoms with Crippen LogP contribution in [0.25, 0.3) is 0 Å². The van der Waals surface area contributed by atoms with Gasteiger partial charge in [-0.25, -0.2) is 0 Å². The first kappa shape index (κ1) is 13.1. The van der Waals surface area contributed by atoms with Gasteiger partial charge in [0.1, 0.15) is 0 Å². The minimum atomic E-state index is 0.588. The van der Waals surface area contributed by atoms with Crippen molar-refractivity contribution in [1.82, 2.24) is 10.2 Å². The van der Waals surface area contributed by atoms with Crippen LogP contribution in [-0.2, 0) is 6.54 Å². The summed E-state index contributed by atoms with van der Waals surface area (Å²) in [5, 5.41) is 3.71. The Balaban J connectivity index is 1.50. The summed E-state index contributed by atoms with van der Waals surface area (Å²) in [6.45, 7) is 7.14. The number of hydrogen-bond donors (Lipinski definition) is 1. The molecule has 1 aliphatic heterocycles. The zero-order valence-corrected chi connectivity index (χ0v) is 12.1. The van der Waals surface area contributed by atoms with E-state index in [0.29, 0.717) is 6.04 Å². The molecule has 3 rings (SSSR count). The number of rotatable bonds is 6. The van der Waals surface area contributed by atoms with E-state index in [-0.39, 0.29) is 0 Å². The second kappa shape index (κ2) is 6.06. The zero-order valence-electron chi connectivity index (χ0n) is 12.1. The molecule has 1 saturated carbocycles. The van der Waals surface area contributed by atoms with Crippen molar-refractivity contribution in [3.05, 3.63) is 35.4 Å². The third-order valence-electron chi connectivity index (χ3n) is 4.44. The molecule has 1 saturated heterocycles. The molecule has 2 nitrogen and oxygen atoms in total. The van der Waals surface area contributed by atoms with Gasteiger partial charge in [0.25, 0.3) is 0 Å². The maximum atomic E-state index is 3.71. The van der Waals surface area contributed by atoms with Gasteiger partial charge < -0.3 is 10.2 Å². The summed E-state index contributed by atoms with van der Waals surface area (Å²) in [7, 11) is 0. The van der Waals surface area contributed by atoms with Gasteiger partial charge in [-0.3, -0.25) is 0 Å². The monoisotopic (exact) mass is 258 g/mol. The zero-order chi connectivity index (χ0) is 13.1. The van der Waals surface area contributed by atoms with E-state index >= 15 is 0 Å². The van der Waals surface area contributed by atoms with Crippen molar-refractivity contribution in [2.45, 2.75) is 51.1 Å². The lowest BCUT2D eigenvalue weighted by molar-refractivity contribution is 0.298. The van der Waals surface area contributed by atoms with E-state index in [4.69, 9.17) is 0 Å². The third kappa shape index (κ3) is 3.58. The van der Waals surface area contributed by atoms with Gasteiger partial charge in [0.15, 0.2) is 0 Å². The summed E-state index contributed by atoms with van der Waals surface area (Å²) < 4.78 is 0. The Morgan fingerprint density at radius 3 is 2.68 bits per heavy atom. The average molecular weight is 258 g/mol. The fourth-order valence-corrected chi connectivity index (χ4v) is 3.19. The highest BCUT2D eigenvalue weighted by Gasteiger charge is 2.25.